The third-order valence-electron chi connectivity index (χ3n) is 8.24. The first-order valence-electron chi connectivity index (χ1n) is 18.3. The van der Waals surface area contributed by atoms with Gasteiger partial charge in [0.05, 0.1) is 72.7 Å². The molecule has 0 saturated carbocycles. The van der Waals surface area contributed by atoms with Gasteiger partial charge in [0.25, 0.3) is 0 Å². The smallest absolute Gasteiger partial charge is 0.217 e. The van der Waals surface area contributed by atoms with E-state index in [1.54, 1.807) is 0 Å². The van der Waals surface area contributed by atoms with Crippen LogP contribution in [-0.2, 0) is 57.0 Å². The first kappa shape index (κ1) is 54.1. The number of hydrogen-bond donors (Lipinski definition) is 13. The summed E-state index contributed by atoms with van der Waals surface area (Å²) in [5.41, 5.74) is 0. The number of carbonyl (C=O) groups excluding carboxylic acids is 2. The van der Waals surface area contributed by atoms with Crippen LogP contribution in [0.5, 0.6) is 0 Å². The maximum absolute atomic E-state index is 12.0. The Morgan fingerprint density at radius 1 is 0.690 bits per heavy atom. The molecular weight excluding hydrogens is 792 g/mol. The van der Waals surface area contributed by atoms with Crippen molar-refractivity contribution < 1.29 is 113 Å². The molecule has 1 aliphatic heterocycles. The van der Waals surface area contributed by atoms with Crippen LogP contribution in [0.15, 0.2) is 0 Å². The van der Waals surface area contributed by atoms with Crippen molar-refractivity contribution in [3.8, 4) is 0 Å². The van der Waals surface area contributed by atoms with E-state index in [-0.39, 0.29) is 19.8 Å². The number of rotatable bonds is 33. The zero-order chi connectivity index (χ0) is 43.8. The molecule has 1 fully saturated rings. The molecule has 1 heterocycles. The Bertz CT molecular complexity index is 1090. The van der Waals surface area contributed by atoms with Gasteiger partial charge in [-0.3, -0.25) is 9.59 Å². The third kappa shape index (κ3) is 18.8. The summed E-state index contributed by atoms with van der Waals surface area (Å²) in [6.45, 7) is -4.31. The van der Waals surface area contributed by atoms with Crippen LogP contribution < -0.4 is 10.6 Å². The minimum Gasteiger partial charge on any atom is -0.394 e. The Hall–Kier alpha value is -1.90. The van der Waals surface area contributed by atoms with Crippen molar-refractivity contribution in [2.45, 2.75) is 106 Å². The zero-order valence-corrected chi connectivity index (χ0v) is 33.0. The van der Waals surface area contributed by atoms with Crippen LogP contribution in [0, 0.1) is 0 Å². The summed E-state index contributed by atoms with van der Waals surface area (Å²) in [4.78, 5) is 23.4. The maximum Gasteiger partial charge on any atom is 0.217 e. The number of ether oxygens (including phenoxy) is 10. The molecule has 25 heteroatoms. The minimum absolute atomic E-state index is 0.287. The lowest BCUT2D eigenvalue weighted by molar-refractivity contribution is -0.319. The summed E-state index contributed by atoms with van der Waals surface area (Å²) in [6.07, 6.45) is -22.0. The fourth-order valence-electron chi connectivity index (χ4n) is 5.39. The number of aliphatic hydroxyl groups excluding tert-OH is 11. The number of nitrogens with one attached hydrogen (secondary N) is 2. The molecule has 1 saturated heterocycles. The highest BCUT2D eigenvalue weighted by molar-refractivity contribution is 5.73. The second-order valence-corrected chi connectivity index (χ2v) is 12.8. The van der Waals surface area contributed by atoms with Crippen molar-refractivity contribution in [1.82, 2.24) is 10.6 Å². The molecule has 58 heavy (non-hydrogen) atoms. The lowest BCUT2D eigenvalue weighted by atomic mass is 9.99. The molecule has 0 aromatic heterocycles. The summed E-state index contributed by atoms with van der Waals surface area (Å²) in [7, 11) is 2.47. The van der Waals surface area contributed by atoms with E-state index in [2.05, 4.69) is 10.6 Å². The highest BCUT2D eigenvalue weighted by Crippen LogP contribution is 2.25. The van der Waals surface area contributed by atoms with E-state index < -0.39 is 163 Å². The molecule has 1 rings (SSSR count). The van der Waals surface area contributed by atoms with Crippen molar-refractivity contribution in [2.24, 2.45) is 0 Å². The summed E-state index contributed by atoms with van der Waals surface area (Å²) < 4.78 is 55.2. The SMILES string of the molecule is COCC(O)C(NC(C)=O)[C@@H](OCCO)OC(CO)[C@H](OCCO)OCCO[C@@H](O[C@H](C(O)CO)C(O)CNC(C)=O)C(O)CO[C@H]1OC(CO)[C@@H](O)C(O)C1OC. The molecule has 0 bridgehead atoms. The maximum atomic E-state index is 12.0. The molecule has 0 radical (unpaired) electrons. The fraction of sp³-hybridized carbons (Fsp3) is 0.939. The predicted molar refractivity (Wildman–Crippen MR) is 190 cm³/mol. The largest absolute Gasteiger partial charge is 0.394 e. The van der Waals surface area contributed by atoms with Gasteiger partial charge in [-0.25, -0.2) is 0 Å². The van der Waals surface area contributed by atoms with Gasteiger partial charge in [-0.15, -0.1) is 0 Å². The zero-order valence-electron chi connectivity index (χ0n) is 33.0. The van der Waals surface area contributed by atoms with Gasteiger partial charge in [-0.05, 0) is 0 Å². The molecule has 2 amide bonds. The van der Waals surface area contributed by atoms with Gasteiger partial charge in [0, 0.05) is 34.6 Å². The van der Waals surface area contributed by atoms with Gasteiger partial charge < -0.3 is 114 Å². The van der Waals surface area contributed by atoms with E-state index in [9.17, 15) is 65.8 Å². The number of aliphatic hydroxyl groups is 11. The van der Waals surface area contributed by atoms with Crippen LogP contribution in [0.2, 0.25) is 0 Å². The quantitative estimate of drug-likeness (QED) is 0.0215. The lowest BCUT2D eigenvalue weighted by Gasteiger charge is -2.41. The highest BCUT2D eigenvalue weighted by Gasteiger charge is 2.46. The second kappa shape index (κ2) is 30.2. The van der Waals surface area contributed by atoms with Crippen molar-refractivity contribution in [3.05, 3.63) is 0 Å². The average Bonchev–Trinajstić information content (AvgIpc) is 3.20. The van der Waals surface area contributed by atoms with Crippen molar-refractivity contribution in [3.63, 3.8) is 0 Å². The number of methoxy groups -OCH3 is 2. The van der Waals surface area contributed by atoms with E-state index in [0.29, 0.717) is 0 Å². The number of amides is 2. The van der Waals surface area contributed by atoms with Crippen LogP contribution in [0.3, 0.4) is 0 Å². The van der Waals surface area contributed by atoms with Gasteiger partial charge in [0.2, 0.25) is 11.8 Å². The Labute approximate surface area is 335 Å². The number of carbonyl (C=O) groups is 2. The van der Waals surface area contributed by atoms with Crippen LogP contribution in [-0.4, -0.2) is 254 Å². The van der Waals surface area contributed by atoms with Gasteiger partial charge >= 0.3 is 0 Å². The Morgan fingerprint density at radius 3 is 1.81 bits per heavy atom. The monoisotopic (exact) mass is 856 g/mol. The Kier molecular flexibility index (Phi) is 28.2. The predicted octanol–water partition coefficient (Wildman–Crippen LogP) is -8.03. The Morgan fingerprint density at radius 2 is 1.29 bits per heavy atom. The third-order valence-corrected chi connectivity index (χ3v) is 8.24. The highest BCUT2D eigenvalue weighted by atomic mass is 16.8. The van der Waals surface area contributed by atoms with Gasteiger partial charge in [-0.1, -0.05) is 0 Å². The van der Waals surface area contributed by atoms with E-state index in [0.717, 1.165) is 13.8 Å². The first-order chi connectivity index (χ1) is 27.6. The van der Waals surface area contributed by atoms with E-state index in [1.807, 2.05) is 0 Å². The minimum atomic E-state index is -1.84. The molecule has 0 aliphatic carbocycles. The van der Waals surface area contributed by atoms with Crippen LogP contribution in [0.25, 0.3) is 0 Å². The van der Waals surface area contributed by atoms with Crippen LogP contribution >= 0.6 is 0 Å². The fourth-order valence-corrected chi connectivity index (χ4v) is 5.39. The molecule has 15 atom stereocenters. The molecule has 0 spiro atoms. The first-order valence-corrected chi connectivity index (χ1v) is 18.3. The van der Waals surface area contributed by atoms with Crippen LogP contribution in [0.1, 0.15) is 13.8 Å². The topological polar surface area (TPSA) is 373 Å². The van der Waals surface area contributed by atoms with Crippen molar-refractivity contribution in [1.29, 1.82) is 0 Å². The lowest BCUT2D eigenvalue weighted by Crippen LogP contribution is -2.60. The molecule has 9 unspecified atom stereocenters. The molecule has 344 valence electrons. The number of hydrogen-bond acceptors (Lipinski definition) is 23. The summed E-state index contributed by atoms with van der Waals surface area (Å²) in [5.74, 6) is -1.14. The van der Waals surface area contributed by atoms with Gasteiger partial charge in [0.1, 0.15) is 67.1 Å². The molecule has 0 aromatic carbocycles. The van der Waals surface area contributed by atoms with Gasteiger partial charge in [-0.2, -0.15) is 0 Å². The standard InChI is InChI=1S/C33H64N2O23/c1-17(41)34-11-19(43)28(20(44)12-38)58-30(22(46)16-55-33-29(50-4)27(48)26(47)23(13-39)56-33)53-9-10-54-31(51-7-5-36)24(14-40)57-32(52-8-6-37)25(35-18(2)42)21(45)15-49-3/h19-33,36-40,43-48H,5-16H2,1-4H3,(H,34,41)(H,35,42)/t19?,20?,21?,22?,23?,24?,25?,26-,27?,28+,29?,30+,31-,32+,33+/m1/s1. The molecule has 25 nitrogen and oxygen atoms in total. The van der Waals surface area contributed by atoms with Gasteiger partial charge in [0.15, 0.2) is 25.2 Å². The molecule has 0 aromatic rings. The molecular formula is C33H64N2O23. The van der Waals surface area contributed by atoms with E-state index in [1.165, 1.54) is 14.2 Å². The van der Waals surface area contributed by atoms with Crippen molar-refractivity contribution >= 4 is 11.8 Å². The second-order valence-electron chi connectivity index (χ2n) is 12.8. The summed E-state index contributed by atoms with van der Waals surface area (Å²) in [5, 5.41) is 117. The van der Waals surface area contributed by atoms with Crippen molar-refractivity contribution in [2.75, 3.05) is 93.4 Å². The normalized spacial score (nSPS) is 25.1. The molecule has 1 aliphatic rings. The Balaban J connectivity index is 3.30. The summed E-state index contributed by atoms with van der Waals surface area (Å²) in [6, 6.07) is -1.30. The average molecular weight is 857 g/mol. The van der Waals surface area contributed by atoms with E-state index >= 15 is 0 Å². The van der Waals surface area contributed by atoms with E-state index in [4.69, 9.17) is 47.4 Å². The summed E-state index contributed by atoms with van der Waals surface area (Å²) >= 11 is 0. The van der Waals surface area contributed by atoms with Crippen LogP contribution in [0.4, 0.5) is 0 Å². The molecule has 13 N–H and O–H groups in total.